The summed E-state index contributed by atoms with van der Waals surface area (Å²) in [4.78, 5) is 2.34. The van der Waals surface area contributed by atoms with Crippen LogP contribution in [0.3, 0.4) is 0 Å². The van der Waals surface area contributed by atoms with E-state index in [1.807, 2.05) is 0 Å². The molecule has 2 atom stereocenters. The molecule has 0 aromatic heterocycles. The molecule has 1 fully saturated rings. The Morgan fingerprint density at radius 1 is 1.44 bits per heavy atom. The van der Waals surface area contributed by atoms with E-state index in [9.17, 15) is 0 Å². The fourth-order valence-corrected chi connectivity index (χ4v) is 2.42. The third kappa shape index (κ3) is 4.37. The van der Waals surface area contributed by atoms with Gasteiger partial charge in [-0.3, -0.25) is 4.90 Å². The van der Waals surface area contributed by atoms with Crippen LogP contribution in [0.4, 0.5) is 0 Å². The van der Waals surface area contributed by atoms with Crippen LogP contribution in [0.25, 0.3) is 0 Å². The molecule has 0 saturated carbocycles. The van der Waals surface area contributed by atoms with Crippen molar-refractivity contribution in [2.45, 2.75) is 45.3 Å². The van der Waals surface area contributed by atoms with Gasteiger partial charge in [0.1, 0.15) is 0 Å². The molecule has 0 radical (unpaired) electrons. The fraction of sp³-hybridized carbons (Fsp3) is 1.00. The summed E-state index contributed by atoms with van der Waals surface area (Å²) in [6, 6.07) is 1.42. The van der Waals surface area contributed by atoms with Gasteiger partial charge in [-0.15, -0.1) is 0 Å². The summed E-state index contributed by atoms with van der Waals surface area (Å²) in [5, 5.41) is 12.5. The molecule has 96 valence electrons. The number of hydrogen-bond donors (Lipinski definition) is 2. The summed E-state index contributed by atoms with van der Waals surface area (Å²) in [5.41, 5.74) is 0. The smallest absolute Gasteiger partial charge is 0.0620 e. The molecule has 1 aliphatic rings. The molecule has 0 spiro atoms. The predicted molar refractivity (Wildman–Crippen MR) is 65.6 cm³/mol. The Labute approximate surface area is 99.0 Å². The van der Waals surface area contributed by atoms with E-state index in [1.54, 1.807) is 0 Å². The first-order valence-corrected chi connectivity index (χ1v) is 6.33. The maximum atomic E-state index is 9.06. The molecule has 1 heterocycles. The van der Waals surface area contributed by atoms with Crippen LogP contribution in [0.5, 0.6) is 0 Å². The minimum atomic E-state index is 0.233. The van der Waals surface area contributed by atoms with Crippen LogP contribution < -0.4 is 5.32 Å². The van der Waals surface area contributed by atoms with Gasteiger partial charge in [0.2, 0.25) is 0 Å². The van der Waals surface area contributed by atoms with Crippen LogP contribution in [0.15, 0.2) is 0 Å². The molecule has 0 aliphatic carbocycles. The summed E-state index contributed by atoms with van der Waals surface area (Å²) in [6.07, 6.45) is 1.08. The van der Waals surface area contributed by atoms with Gasteiger partial charge < -0.3 is 15.2 Å². The number of nitrogens with zero attached hydrogens (tertiary/aromatic N) is 1. The van der Waals surface area contributed by atoms with Crippen molar-refractivity contribution in [3.8, 4) is 0 Å². The molecule has 0 aromatic carbocycles. The van der Waals surface area contributed by atoms with Crippen LogP contribution in [-0.4, -0.2) is 61.0 Å². The Hall–Kier alpha value is -0.160. The Morgan fingerprint density at radius 3 is 2.69 bits per heavy atom. The highest BCUT2D eigenvalue weighted by molar-refractivity contribution is 4.79. The molecule has 1 rings (SSSR count). The van der Waals surface area contributed by atoms with Gasteiger partial charge in [-0.25, -0.2) is 0 Å². The minimum Gasteiger partial charge on any atom is -0.395 e. The predicted octanol–water partition coefficient (Wildman–Crippen LogP) is 0.456. The van der Waals surface area contributed by atoms with Crippen molar-refractivity contribution in [3.63, 3.8) is 0 Å². The largest absolute Gasteiger partial charge is 0.395 e. The van der Waals surface area contributed by atoms with Crippen molar-refractivity contribution < 1.29 is 9.84 Å². The van der Waals surface area contributed by atoms with E-state index in [-0.39, 0.29) is 6.61 Å². The summed E-state index contributed by atoms with van der Waals surface area (Å²) in [5.74, 6) is 0. The lowest BCUT2D eigenvalue weighted by molar-refractivity contribution is 0.0536. The Balaban J connectivity index is 2.37. The first-order chi connectivity index (χ1) is 7.65. The van der Waals surface area contributed by atoms with Gasteiger partial charge in [0, 0.05) is 31.2 Å². The quantitative estimate of drug-likeness (QED) is 0.696. The van der Waals surface area contributed by atoms with Crippen molar-refractivity contribution in [1.29, 1.82) is 0 Å². The van der Waals surface area contributed by atoms with Crippen molar-refractivity contribution in [2.24, 2.45) is 0 Å². The zero-order chi connectivity index (χ0) is 12.0. The number of nitrogens with one attached hydrogen (secondary N) is 1. The monoisotopic (exact) mass is 230 g/mol. The number of aliphatic hydroxyl groups is 1. The summed E-state index contributed by atoms with van der Waals surface area (Å²) < 4.78 is 5.45. The molecule has 16 heavy (non-hydrogen) atoms. The molecule has 2 N–H and O–H groups in total. The lowest BCUT2D eigenvalue weighted by atomic mass is 10.1. The average Bonchev–Trinajstić information content (AvgIpc) is 2.26. The van der Waals surface area contributed by atoms with Crippen LogP contribution >= 0.6 is 0 Å². The SMILES string of the molecule is CC(C)N(CCO)C(C)CC1COCCN1. The fourth-order valence-electron chi connectivity index (χ4n) is 2.42. The topological polar surface area (TPSA) is 44.7 Å². The van der Waals surface area contributed by atoms with Crippen LogP contribution in [0.2, 0.25) is 0 Å². The Kier molecular flexibility index (Phi) is 6.28. The molecule has 1 aliphatic heterocycles. The van der Waals surface area contributed by atoms with Gasteiger partial charge >= 0.3 is 0 Å². The van der Waals surface area contributed by atoms with Gasteiger partial charge in [-0.2, -0.15) is 0 Å². The zero-order valence-electron chi connectivity index (χ0n) is 10.8. The van der Waals surface area contributed by atoms with Gasteiger partial charge in [-0.1, -0.05) is 0 Å². The number of aliphatic hydroxyl groups excluding tert-OH is 1. The van der Waals surface area contributed by atoms with E-state index >= 15 is 0 Å². The molecular formula is C12H26N2O2. The second-order valence-electron chi connectivity index (χ2n) is 4.87. The summed E-state index contributed by atoms with van der Waals surface area (Å²) in [7, 11) is 0. The first-order valence-electron chi connectivity index (χ1n) is 6.33. The molecule has 2 unspecified atom stereocenters. The molecule has 4 nitrogen and oxygen atoms in total. The van der Waals surface area contributed by atoms with Gasteiger partial charge in [-0.05, 0) is 27.2 Å². The molecule has 0 amide bonds. The van der Waals surface area contributed by atoms with E-state index in [0.717, 1.165) is 32.7 Å². The van der Waals surface area contributed by atoms with Crippen molar-refractivity contribution >= 4 is 0 Å². The molecular weight excluding hydrogens is 204 g/mol. The van der Waals surface area contributed by atoms with Crippen LogP contribution in [-0.2, 0) is 4.74 Å². The maximum Gasteiger partial charge on any atom is 0.0620 e. The molecule has 0 aromatic rings. The van der Waals surface area contributed by atoms with Gasteiger partial charge in [0.15, 0.2) is 0 Å². The lowest BCUT2D eigenvalue weighted by Crippen LogP contribution is -2.48. The normalized spacial score (nSPS) is 24.0. The minimum absolute atomic E-state index is 0.233. The van der Waals surface area contributed by atoms with E-state index in [2.05, 4.69) is 31.0 Å². The highest BCUT2D eigenvalue weighted by Crippen LogP contribution is 2.12. The van der Waals surface area contributed by atoms with Crippen LogP contribution in [0, 0.1) is 0 Å². The van der Waals surface area contributed by atoms with Crippen molar-refractivity contribution in [3.05, 3.63) is 0 Å². The Morgan fingerprint density at radius 2 is 2.19 bits per heavy atom. The first kappa shape index (κ1) is 13.9. The number of ether oxygens (including phenoxy) is 1. The average molecular weight is 230 g/mol. The summed E-state index contributed by atoms with van der Waals surface area (Å²) >= 11 is 0. The summed E-state index contributed by atoms with van der Waals surface area (Å²) in [6.45, 7) is 10.2. The standard InChI is InChI=1S/C12H26N2O2/c1-10(2)14(5-6-15)11(3)8-12-9-16-7-4-13-12/h10-13,15H,4-9H2,1-3H3. The second kappa shape index (κ2) is 7.22. The second-order valence-corrected chi connectivity index (χ2v) is 4.87. The molecule has 0 bridgehead atoms. The lowest BCUT2D eigenvalue weighted by Gasteiger charge is -2.35. The van der Waals surface area contributed by atoms with Crippen LogP contribution in [0.1, 0.15) is 27.2 Å². The van der Waals surface area contributed by atoms with E-state index in [4.69, 9.17) is 9.84 Å². The van der Waals surface area contributed by atoms with E-state index in [0.29, 0.717) is 18.1 Å². The third-order valence-electron chi connectivity index (χ3n) is 3.21. The van der Waals surface area contributed by atoms with Gasteiger partial charge in [0.25, 0.3) is 0 Å². The van der Waals surface area contributed by atoms with E-state index < -0.39 is 0 Å². The third-order valence-corrected chi connectivity index (χ3v) is 3.21. The van der Waals surface area contributed by atoms with Gasteiger partial charge in [0.05, 0.1) is 19.8 Å². The van der Waals surface area contributed by atoms with Crippen molar-refractivity contribution in [1.82, 2.24) is 10.2 Å². The van der Waals surface area contributed by atoms with Crippen molar-refractivity contribution in [2.75, 3.05) is 32.9 Å². The highest BCUT2D eigenvalue weighted by atomic mass is 16.5. The maximum absolute atomic E-state index is 9.06. The number of rotatable bonds is 6. The highest BCUT2D eigenvalue weighted by Gasteiger charge is 2.21. The zero-order valence-corrected chi connectivity index (χ0v) is 10.8. The number of morpholine rings is 1. The Bertz CT molecular complexity index is 182. The molecule has 1 saturated heterocycles. The number of hydrogen-bond acceptors (Lipinski definition) is 4. The molecule has 4 heteroatoms. The van der Waals surface area contributed by atoms with E-state index in [1.165, 1.54) is 0 Å².